The Hall–Kier alpha value is -3.53. The molecule has 0 heterocycles. The van der Waals surface area contributed by atoms with Crippen molar-refractivity contribution in [2.45, 2.75) is 12.8 Å². The molecule has 4 heteroatoms. The summed E-state index contributed by atoms with van der Waals surface area (Å²) in [4.78, 5) is 11.9. The molecule has 3 aromatic carbocycles. The Morgan fingerprint density at radius 3 is 1.90 bits per heavy atom. The highest BCUT2D eigenvalue weighted by atomic mass is 16.5. The van der Waals surface area contributed by atoms with Gasteiger partial charge in [-0.15, -0.1) is 0 Å². The van der Waals surface area contributed by atoms with E-state index in [1.54, 1.807) is 19.2 Å². The molecule has 4 nitrogen and oxygen atoms in total. The molecule has 0 unspecified atom stereocenters. The lowest BCUT2D eigenvalue weighted by atomic mass is 9.87. The van der Waals surface area contributed by atoms with Gasteiger partial charge in [-0.3, -0.25) is 4.79 Å². The molecule has 0 spiro atoms. The topological polar surface area (TPSA) is 55.8 Å². The molecule has 0 amide bonds. The lowest BCUT2D eigenvalue weighted by Crippen LogP contribution is -2.02. The SMILES string of the molecule is COC(=O)CC/C(=C(/c1ccc(O)cc1)c1ccc(OC)cc1)c1ccccc1. The summed E-state index contributed by atoms with van der Waals surface area (Å²) in [5.41, 5.74) is 5.03. The van der Waals surface area contributed by atoms with Crippen LogP contribution in [0.5, 0.6) is 11.5 Å². The van der Waals surface area contributed by atoms with Gasteiger partial charge in [0.2, 0.25) is 0 Å². The van der Waals surface area contributed by atoms with E-state index in [0.29, 0.717) is 6.42 Å². The van der Waals surface area contributed by atoms with Crippen LogP contribution >= 0.6 is 0 Å². The Morgan fingerprint density at radius 2 is 1.34 bits per heavy atom. The van der Waals surface area contributed by atoms with Crippen LogP contribution in [0.3, 0.4) is 0 Å². The standard InChI is InChI=1S/C25H24O4/c1-28-22-14-10-20(11-15-22)25(19-8-12-21(26)13-9-19)23(16-17-24(27)29-2)18-6-4-3-5-7-18/h3-15,26H,16-17H2,1-2H3/b25-23+. The Labute approximate surface area is 171 Å². The molecule has 3 rings (SSSR count). The van der Waals surface area contributed by atoms with Gasteiger partial charge >= 0.3 is 5.97 Å². The number of benzene rings is 3. The fraction of sp³-hybridized carbons (Fsp3) is 0.160. The second-order valence-electron chi connectivity index (χ2n) is 6.57. The second-order valence-corrected chi connectivity index (χ2v) is 6.57. The summed E-state index contributed by atoms with van der Waals surface area (Å²) < 4.78 is 10.2. The largest absolute Gasteiger partial charge is 0.508 e. The zero-order valence-corrected chi connectivity index (χ0v) is 16.6. The van der Waals surface area contributed by atoms with Crippen LogP contribution < -0.4 is 4.74 Å². The molecule has 1 N–H and O–H groups in total. The number of allylic oxidation sites excluding steroid dienone is 1. The highest BCUT2D eigenvalue weighted by molar-refractivity contribution is 5.99. The normalized spacial score (nSPS) is 11.5. The molecule has 0 aliphatic carbocycles. The number of phenolic OH excluding ortho intramolecular Hbond substituents is 1. The molecule has 0 aromatic heterocycles. The van der Waals surface area contributed by atoms with Gasteiger partial charge in [-0.1, -0.05) is 54.6 Å². The van der Waals surface area contributed by atoms with Crippen molar-refractivity contribution in [3.05, 3.63) is 95.6 Å². The van der Waals surface area contributed by atoms with Gasteiger partial charge in [-0.2, -0.15) is 0 Å². The summed E-state index contributed by atoms with van der Waals surface area (Å²) in [6, 6.07) is 24.9. The highest BCUT2D eigenvalue weighted by Crippen LogP contribution is 2.36. The van der Waals surface area contributed by atoms with Gasteiger partial charge in [-0.05, 0) is 58.5 Å². The van der Waals surface area contributed by atoms with Crippen molar-refractivity contribution in [1.82, 2.24) is 0 Å². The Morgan fingerprint density at radius 1 is 0.759 bits per heavy atom. The van der Waals surface area contributed by atoms with Gasteiger partial charge in [0.05, 0.1) is 14.2 Å². The quantitative estimate of drug-likeness (QED) is 0.440. The van der Waals surface area contributed by atoms with Gasteiger partial charge in [0, 0.05) is 6.42 Å². The molecule has 0 atom stereocenters. The molecule has 0 saturated heterocycles. The number of rotatable bonds is 7. The van der Waals surface area contributed by atoms with E-state index in [9.17, 15) is 9.90 Å². The number of hydrogen-bond donors (Lipinski definition) is 1. The summed E-state index contributed by atoms with van der Waals surface area (Å²) in [5, 5.41) is 9.75. The van der Waals surface area contributed by atoms with Gasteiger partial charge in [0.1, 0.15) is 11.5 Å². The smallest absolute Gasteiger partial charge is 0.305 e. The first-order valence-corrected chi connectivity index (χ1v) is 9.41. The number of carbonyl (C=O) groups excluding carboxylic acids is 1. The zero-order chi connectivity index (χ0) is 20.6. The van der Waals surface area contributed by atoms with Crippen LogP contribution in [0.25, 0.3) is 11.1 Å². The van der Waals surface area contributed by atoms with Crippen molar-refractivity contribution in [2.75, 3.05) is 14.2 Å². The average molecular weight is 388 g/mol. The van der Waals surface area contributed by atoms with E-state index in [1.807, 2.05) is 66.7 Å². The predicted octanol–water partition coefficient (Wildman–Crippen LogP) is 5.31. The van der Waals surface area contributed by atoms with Gasteiger partial charge in [-0.25, -0.2) is 0 Å². The van der Waals surface area contributed by atoms with Crippen molar-refractivity contribution >= 4 is 17.1 Å². The third-order valence-corrected chi connectivity index (χ3v) is 4.77. The molecule has 0 saturated carbocycles. The van der Waals surface area contributed by atoms with E-state index in [1.165, 1.54) is 7.11 Å². The van der Waals surface area contributed by atoms with Crippen molar-refractivity contribution in [3.63, 3.8) is 0 Å². The monoisotopic (exact) mass is 388 g/mol. The minimum absolute atomic E-state index is 0.207. The average Bonchev–Trinajstić information content (AvgIpc) is 2.78. The number of carbonyl (C=O) groups is 1. The molecule has 148 valence electrons. The zero-order valence-electron chi connectivity index (χ0n) is 16.6. The number of phenols is 1. The highest BCUT2D eigenvalue weighted by Gasteiger charge is 2.16. The number of aromatic hydroxyl groups is 1. The first-order chi connectivity index (χ1) is 14.1. The van der Waals surface area contributed by atoms with E-state index in [-0.39, 0.29) is 18.1 Å². The predicted molar refractivity (Wildman–Crippen MR) is 115 cm³/mol. The molecule has 0 aliphatic rings. The molecular weight excluding hydrogens is 364 g/mol. The third-order valence-electron chi connectivity index (χ3n) is 4.77. The van der Waals surface area contributed by atoms with Crippen LogP contribution in [0, 0.1) is 0 Å². The van der Waals surface area contributed by atoms with Crippen LogP contribution in [-0.4, -0.2) is 25.3 Å². The van der Waals surface area contributed by atoms with Crippen LogP contribution in [-0.2, 0) is 9.53 Å². The number of hydrogen-bond acceptors (Lipinski definition) is 4. The summed E-state index contributed by atoms with van der Waals surface area (Å²) >= 11 is 0. The Balaban J connectivity index is 2.21. The van der Waals surface area contributed by atoms with E-state index in [2.05, 4.69) is 0 Å². The fourth-order valence-electron chi connectivity index (χ4n) is 3.28. The van der Waals surface area contributed by atoms with Crippen LogP contribution in [0.15, 0.2) is 78.9 Å². The van der Waals surface area contributed by atoms with E-state index in [0.717, 1.165) is 33.6 Å². The van der Waals surface area contributed by atoms with E-state index >= 15 is 0 Å². The summed E-state index contributed by atoms with van der Waals surface area (Å²) in [6.45, 7) is 0. The minimum Gasteiger partial charge on any atom is -0.508 e. The fourth-order valence-corrected chi connectivity index (χ4v) is 3.28. The van der Waals surface area contributed by atoms with Crippen molar-refractivity contribution in [2.24, 2.45) is 0 Å². The van der Waals surface area contributed by atoms with Crippen LogP contribution in [0.1, 0.15) is 29.5 Å². The summed E-state index contributed by atoms with van der Waals surface area (Å²) in [6.07, 6.45) is 0.803. The molecule has 3 aromatic rings. The first-order valence-electron chi connectivity index (χ1n) is 9.41. The van der Waals surface area contributed by atoms with Crippen molar-refractivity contribution in [3.8, 4) is 11.5 Å². The van der Waals surface area contributed by atoms with Crippen molar-refractivity contribution in [1.29, 1.82) is 0 Å². The van der Waals surface area contributed by atoms with E-state index < -0.39 is 0 Å². The second kappa shape index (κ2) is 9.60. The molecule has 29 heavy (non-hydrogen) atoms. The lowest BCUT2D eigenvalue weighted by molar-refractivity contribution is -0.140. The van der Waals surface area contributed by atoms with Crippen molar-refractivity contribution < 1.29 is 19.4 Å². The first kappa shape index (κ1) is 20.2. The van der Waals surface area contributed by atoms with Gasteiger partial charge in [0.15, 0.2) is 0 Å². The summed E-state index contributed by atoms with van der Waals surface area (Å²) in [5.74, 6) is 0.728. The third kappa shape index (κ3) is 5.05. The molecular formula is C25H24O4. The maximum atomic E-state index is 11.9. The van der Waals surface area contributed by atoms with Gasteiger partial charge < -0.3 is 14.6 Å². The molecule has 0 bridgehead atoms. The molecule has 0 radical (unpaired) electrons. The van der Waals surface area contributed by atoms with Crippen LogP contribution in [0.2, 0.25) is 0 Å². The number of ether oxygens (including phenoxy) is 2. The Bertz CT molecular complexity index is 972. The summed E-state index contributed by atoms with van der Waals surface area (Å²) in [7, 11) is 3.04. The van der Waals surface area contributed by atoms with E-state index in [4.69, 9.17) is 9.47 Å². The number of methoxy groups -OCH3 is 2. The molecule has 0 aliphatic heterocycles. The lowest BCUT2D eigenvalue weighted by Gasteiger charge is -2.18. The minimum atomic E-state index is -0.252. The Kier molecular flexibility index (Phi) is 6.69. The number of esters is 1. The molecule has 0 fully saturated rings. The van der Waals surface area contributed by atoms with Crippen LogP contribution in [0.4, 0.5) is 0 Å². The maximum Gasteiger partial charge on any atom is 0.305 e. The van der Waals surface area contributed by atoms with Gasteiger partial charge in [0.25, 0.3) is 0 Å². The maximum absolute atomic E-state index is 11.9.